The van der Waals surface area contributed by atoms with Crippen molar-refractivity contribution in [1.29, 1.82) is 5.26 Å². The first-order chi connectivity index (χ1) is 20.3. The van der Waals surface area contributed by atoms with E-state index in [0.29, 0.717) is 5.56 Å². The van der Waals surface area contributed by atoms with Crippen molar-refractivity contribution in [3.8, 4) is 11.8 Å². The number of benzene rings is 2. The van der Waals surface area contributed by atoms with Gasteiger partial charge in [-0.2, -0.15) is 5.26 Å². The summed E-state index contributed by atoms with van der Waals surface area (Å²) in [6.07, 6.45) is -5.16. The summed E-state index contributed by atoms with van der Waals surface area (Å²) in [5.41, 5.74) is 2.65. The Kier molecular flexibility index (Phi) is 10.9. The van der Waals surface area contributed by atoms with Crippen LogP contribution >= 0.6 is 0 Å². The Morgan fingerprint density at radius 3 is 2.00 bits per heavy atom. The quantitative estimate of drug-likeness (QED) is 0.314. The molecule has 1 aliphatic rings. The number of esters is 4. The van der Waals surface area contributed by atoms with Crippen LogP contribution in [-0.2, 0) is 61.5 Å². The van der Waals surface area contributed by atoms with Crippen LogP contribution in [0.5, 0.6) is 5.75 Å². The topological polar surface area (TPSA) is 168 Å². The van der Waals surface area contributed by atoms with Crippen LogP contribution in [0.4, 0.5) is 0 Å². The highest BCUT2D eigenvalue weighted by molar-refractivity contribution is 5.69. The van der Waals surface area contributed by atoms with Gasteiger partial charge in [0.05, 0.1) is 24.3 Å². The van der Waals surface area contributed by atoms with Crippen LogP contribution in [-0.4, -0.2) is 67.1 Å². The third kappa shape index (κ3) is 7.88. The van der Waals surface area contributed by atoms with Crippen molar-refractivity contribution in [2.24, 2.45) is 0 Å². The molecule has 12 heteroatoms. The maximum atomic E-state index is 12.3. The second-order valence-corrected chi connectivity index (χ2v) is 10.0. The highest BCUT2D eigenvalue weighted by Gasteiger charge is 2.61. The monoisotopic (exact) mass is 597 g/mol. The fourth-order valence-corrected chi connectivity index (χ4v) is 4.93. The molecule has 0 radical (unpaired) electrons. The smallest absolute Gasteiger partial charge is 0.303 e. The molecule has 12 nitrogen and oxygen atoms in total. The first kappa shape index (κ1) is 33.0. The summed E-state index contributed by atoms with van der Waals surface area (Å²) < 4.78 is 33.1. The van der Waals surface area contributed by atoms with Gasteiger partial charge < -0.3 is 33.5 Å². The van der Waals surface area contributed by atoms with E-state index in [1.54, 1.807) is 0 Å². The molecule has 2 aromatic rings. The zero-order valence-corrected chi connectivity index (χ0v) is 24.9. The van der Waals surface area contributed by atoms with Crippen molar-refractivity contribution in [3.63, 3.8) is 0 Å². The molecule has 1 aliphatic heterocycles. The first-order valence-electron chi connectivity index (χ1n) is 13.6. The zero-order chi connectivity index (χ0) is 31.9. The molecule has 5 atom stereocenters. The fraction of sp³-hybridized carbons (Fsp3) is 0.452. The van der Waals surface area contributed by atoms with Crippen molar-refractivity contribution in [2.45, 2.75) is 77.7 Å². The van der Waals surface area contributed by atoms with E-state index in [1.807, 2.05) is 31.2 Å². The zero-order valence-electron chi connectivity index (χ0n) is 24.9. The first-order valence-corrected chi connectivity index (χ1v) is 13.6. The second kappa shape index (κ2) is 14.1. The Morgan fingerprint density at radius 1 is 0.907 bits per heavy atom. The molecule has 1 heterocycles. The maximum absolute atomic E-state index is 12.3. The van der Waals surface area contributed by atoms with E-state index in [1.165, 1.54) is 19.2 Å². The number of rotatable bonds is 10. The van der Waals surface area contributed by atoms with Crippen LogP contribution in [0.3, 0.4) is 0 Å². The second-order valence-electron chi connectivity index (χ2n) is 10.0. The highest BCUT2D eigenvalue weighted by Crippen LogP contribution is 2.45. The number of nitrogens with zero attached hydrogens (tertiary/aromatic N) is 1. The Balaban J connectivity index is 2.26. The molecule has 0 aliphatic carbocycles. The van der Waals surface area contributed by atoms with E-state index in [2.05, 4.69) is 6.07 Å². The largest absolute Gasteiger partial charge is 0.496 e. The minimum absolute atomic E-state index is 0.0139. The highest BCUT2D eigenvalue weighted by atomic mass is 16.7. The molecule has 0 aromatic heterocycles. The van der Waals surface area contributed by atoms with Gasteiger partial charge in [-0.15, -0.1) is 0 Å². The number of hydrogen-bond donors (Lipinski definition) is 1. The van der Waals surface area contributed by atoms with E-state index in [9.17, 15) is 29.5 Å². The van der Waals surface area contributed by atoms with Crippen molar-refractivity contribution in [3.05, 3.63) is 64.2 Å². The fourth-order valence-electron chi connectivity index (χ4n) is 4.93. The summed E-state index contributed by atoms with van der Waals surface area (Å²) in [5.74, 6) is -5.87. The van der Waals surface area contributed by atoms with Crippen molar-refractivity contribution in [1.82, 2.24) is 0 Å². The number of carbonyl (C=O) groups excluding carboxylic acids is 4. The lowest BCUT2D eigenvalue weighted by Gasteiger charge is -2.49. The lowest BCUT2D eigenvalue weighted by atomic mass is 9.85. The molecule has 0 unspecified atom stereocenters. The Bertz CT molecular complexity index is 1400. The minimum Gasteiger partial charge on any atom is -0.496 e. The molecular weight excluding hydrogens is 562 g/mol. The standard InChI is InChI=1S/C31H35NO11/c1-7-21-8-10-22(11-9-21)12-23-13-25(26(38-6)14-24(23)15-32)31(37)30(42-20(5)36)29(41-19(4)35)28(40-18(3)34)27(43-31)16-39-17(2)33/h8-11,13-14,27-30,37H,7,12,16H2,1-6H3/t27-,28-,29+,30-,31+/m1/s1. The Morgan fingerprint density at radius 2 is 1.49 bits per heavy atom. The minimum atomic E-state index is -2.62. The molecule has 0 bridgehead atoms. The van der Waals surface area contributed by atoms with Crippen LogP contribution in [0.1, 0.15) is 62.4 Å². The molecule has 1 fully saturated rings. The normalized spacial score (nSPS) is 22.9. The molecule has 0 saturated carbocycles. The van der Waals surface area contributed by atoms with Crippen LogP contribution in [0.15, 0.2) is 36.4 Å². The van der Waals surface area contributed by atoms with Gasteiger partial charge >= 0.3 is 23.9 Å². The lowest BCUT2D eigenvalue weighted by molar-refractivity contribution is -0.360. The Labute approximate surface area is 249 Å². The van der Waals surface area contributed by atoms with E-state index in [4.69, 9.17) is 28.4 Å². The van der Waals surface area contributed by atoms with Gasteiger partial charge in [-0.25, -0.2) is 0 Å². The molecule has 43 heavy (non-hydrogen) atoms. The number of ether oxygens (including phenoxy) is 6. The summed E-state index contributed by atoms with van der Waals surface area (Å²) in [6.45, 7) is 5.89. The van der Waals surface area contributed by atoms with E-state index < -0.39 is 60.7 Å². The van der Waals surface area contributed by atoms with Gasteiger partial charge in [-0.3, -0.25) is 19.2 Å². The van der Waals surface area contributed by atoms with Crippen molar-refractivity contribution < 1.29 is 52.7 Å². The molecular formula is C31H35NO11. The average Bonchev–Trinajstić information content (AvgIpc) is 2.95. The number of aliphatic hydroxyl groups is 1. The summed E-state index contributed by atoms with van der Waals surface area (Å²) in [6, 6.07) is 12.8. The predicted octanol–water partition coefficient (Wildman–Crippen LogP) is 2.62. The third-order valence-corrected chi connectivity index (χ3v) is 6.81. The summed E-state index contributed by atoms with van der Waals surface area (Å²) in [5, 5.41) is 22.3. The van der Waals surface area contributed by atoms with Crippen LogP contribution < -0.4 is 4.74 Å². The molecule has 1 saturated heterocycles. The average molecular weight is 598 g/mol. The van der Waals surface area contributed by atoms with Gasteiger partial charge in [0.25, 0.3) is 0 Å². The number of aryl methyl sites for hydroxylation is 1. The maximum Gasteiger partial charge on any atom is 0.303 e. The number of hydrogen-bond acceptors (Lipinski definition) is 12. The summed E-state index contributed by atoms with van der Waals surface area (Å²) in [4.78, 5) is 48.3. The molecule has 0 spiro atoms. The summed E-state index contributed by atoms with van der Waals surface area (Å²) in [7, 11) is 1.30. The van der Waals surface area contributed by atoms with Crippen LogP contribution in [0, 0.1) is 11.3 Å². The number of methoxy groups -OCH3 is 1. The van der Waals surface area contributed by atoms with Gasteiger partial charge in [-0.1, -0.05) is 31.2 Å². The summed E-state index contributed by atoms with van der Waals surface area (Å²) >= 11 is 0. The molecule has 3 rings (SSSR count). The van der Waals surface area contributed by atoms with Crippen LogP contribution in [0.2, 0.25) is 0 Å². The van der Waals surface area contributed by atoms with Gasteiger partial charge in [0.2, 0.25) is 11.9 Å². The Hall–Kier alpha value is -4.47. The van der Waals surface area contributed by atoms with E-state index >= 15 is 0 Å². The molecule has 1 N–H and O–H groups in total. The van der Waals surface area contributed by atoms with E-state index in [0.717, 1.165) is 45.2 Å². The molecule has 2 aromatic carbocycles. The predicted molar refractivity (Wildman–Crippen MR) is 148 cm³/mol. The van der Waals surface area contributed by atoms with Gasteiger partial charge in [-0.05, 0) is 41.7 Å². The van der Waals surface area contributed by atoms with Gasteiger partial charge in [0.1, 0.15) is 18.5 Å². The lowest BCUT2D eigenvalue weighted by Crippen LogP contribution is -2.66. The van der Waals surface area contributed by atoms with Crippen molar-refractivity contribution >= 4 is 23.9 Å². The van der Waals surface area contributed by atoms with Crippen LogP contribution in [0.25, 0.3) is 0 Å². The number of carbonyl (C=O) groups is 4. The number of nitriles is 1. The van der Waals surface area contributed by atoms with Gasteiger partial charge in [0.15, 0.2) is 12.2 Å². The van der Waals surface area contributed by atoms with Crippen molar-refractivity contribution in [2.75, 3.05) is 13.7 Å². The SMILES string of the molecule is CCc1ccc(Cc2cc([C@]3(O)O[C@H](COC(C)=O)[C@@H](OC(C)=O)[C@H](OC(C)=O)[C@H]3OC(C)=O)c(OC)cc2C#N)cc1. The third-order valence-electron chi connectivity index (χ3n) is 6.81. The van der Waals surface area contributed by atoms with Gasteiger partial charge in [0, 0.05) is 27.7 Å². The molecule has 0 amide bonds. The molecule has 230 valence electrons. The van der Waals surface area contributed by atoms with E-state index in [-0.39, 0.29) is 23.3 Å².